The van der Waals surface area contributed by atoms with E-state index in [1.54, 1.807) is 35.8 Å². The summed E-state index contributed by atoms with van der Waals surface area (Å²) in [6, 6.07) is 3.41. The van der Waals surface area contributed by atoms with Crippen LogP contribution in [0.15, 0.2) is 33.7 Å². The minimum absolute atomic E-state index is 0.0446. The highest BCUT2D eigenvalue weighted by atomic mass is 32.2. The molecule has 1 amide bonds. The lowest BCUT2D eigenvalue weighted by Crippen LogP contribution is -2.32. The number of methoxy groups -OCH3 is 2. The molecule has 1 aliphatic rings. The number of carbonyl (C=O) groups is 1. The van der Waals surface area contributed by atoms with Gasteiger partial charge in [0.15, 0.2) is 16.7 Å². The van der Waals surface area contributed by atoms with Gasteiger partial charge in [0.1, 0.15) is 0 Å². The van der Waals surface area contributed by atoms with Crippen molar-refractivity contribution >= 4 is 28.6 Å². The summed E-state index contributed by atoms with van der Waals surface area (Å²) >= 11 is 1.32. The largest absolute Gasteiger partial charge is 0.493 e. The number of aromatic nitrogens is 2. The van der Waals surface area contributed by atoms with Crippen LogP contribution in [-0.4, -0.2) is 53.4 Å². The molecule has 0 saturated heterocycles. The number of ether oxygens (including phenoxy) is 2. The van der Waals surface area contributed by atoms with Crippen molar-refractivity contribution in [2.24, 2.45) is 0 Å². The molecule has 1 aromatic carbocycles. The highest BCUT2D eigenvalue weighted by Gasteiger charge is 2.18. The third-order valence-electron chi connectivity index (χ3n) is 5.91. The summed E-state index contributed by atoms with van der Waals surface area (Å²) in [4.78, 5) is 32.6. The van der Waals surface area contributed by atoms with Crippen LogP contribution in [0.3, 0.4) is 0 Å². The summed E-state index contributed by atoms with van der Waals surface area (Å²) in [6.07, 6.45) is 7.75. The van der Waals surface area contributed by atoms with Gasteiger partial charge >= 0.3 is 0 Å². The monoisotopic (exact) mass is 459 g/mol. The molecule has 2 aromatic rings. The van der Waals surface area contributed by atoms with Crippen LogP contribution in [0.2, 0.25) is 0 Å². The standard InChI is InChI=1S/C24H33N3O4S/c1-5-26(6-2)22(28)16-32-24-25-19-15-21(31-4)20(30-3)14-18(19)23(29)27(24)13-12-17-10-8-7-9-11-17/h10,14-15H,5-9,11-13,16H2,1-4H3. The van der Waals surface area contributed by atoms with E-state index < -0.39 is 0 Å². The van der Waals surface area contributed by atoms with Gasteiger partial charge in [0, 0.05) is 25.7 Å². The van der Waals surface area contributed by atoms with Crippen LogP contribution in [0.5, 0.6) is 11.5 Å². The van der Waals surface area contributed by atoms with Crippen molar-refractivity contribution in [3.05, 3.63) is 34.1 Å². The Morgan fingerprint density at radius 3 is 2.50 bits per heavy atom. The van der Waals surface area contributed by atoms with Gasteiger partial charge in [0.2, 0.25) is 5.91 Å². The molecular formula is C24H33N3O4S. The van der Waals surface area contributed by atoms with Gasteiger partial charge in [-0.1, -0.05) is 23.4 Å². The normalized spacial score (nSPS) is 13.7. The molecule has 0 unspecified atom stereocenters. The van der Waals surface area contributed by atoms with Crippen LogP contribution in [0.1, 0.15) is 46.0 Å². The molecule has 0 radical (unpaired) electrons. The van der Waals surface area contributed by atoms with Crippen molar-refractivity contribution in [2.75, 3.05) is 33.1 Å². The van der Waals surface area contributed by atoms with Crippen LogP contribution in [-0.2, 0) is 11.3 Å². The third-order valence-corrected chi connectivity index (χ3v) is 6.87. The average Bonchev–Trinajstić information content (AvgIpc) is 2.82. The van der Waals surface area contributed by atoms with E-state index in [1.807, 2.05) is 13.8 Å². The maximum absolute atomic E-state index is 13.5. The van der Waals surface area contributed by atoms with Crippen LogP contribution in [0.25, 0.3) is 10.9 Å². The second kappa shape index (κ2) is 11.4. The molecule has 0 aliphatic heterocycles. The van der Waals surface area contributed by atoms with Gasteiger partial charge in [-0.15, -0.1) is 0 Å². The summed E-state index contributed by atoms with van der Waals surface area (Å²) in [5, 5.41) is 1.05. The molecule has 1 heterocycles. The van der Waals surface area contributed by atoms with E-state index in [0.29, 0.717) is 47.2 Å². The number of hydrogen-bond donors (Lipinski definition) is 0. The van der Waals surface area contributed by atoms with E-state index in [2.05, 4.69) is 6.08 Å². The highest BCUT2D eigenvalue weighted by molar-refractivity contribution is 7.99. The fourth-order valence-corrected chi connectivity index (χ4v) is 4.94. The Hall–Kier alpha value is -2.48. The smallest absolute Gasteiger partial charge is 0.262 e. The second-order valence-corrected chi connectivity index (χ2v) is 8.73. The Balaban J connectivity index is 1.99. The molecule has 7 nitrogen and oxygen atoms in total. The summed E-state index contributed by atoms with van der Waals surface area (Å²) in [5.41, 5.74) is 1.81. The summed E-state index contributed by atoms with van der Waals surface area (Å²) in [5.74, 6) is 1.31. The maximum Gasteiger partial charge on any atom is 0.262 e. The number of fused-ring (bicyclic) bond motifs is 1. The molecule has 32 heavy (non-hydrogen) atoms. The minimum atomic E-state index is -0.120. The molecule has 3 rings (SSSR count). The van der Waals surface area contributed by atoms with Crippen LogP contribution in [0, 0.1) is 0 Å². The maximum atomic E-state index is 13.5. The molecule has 8 heteroatoms. The van der Waals surface area contributed by atoms with E-state index >= 15 is 0 Å². The highest BCUT2D eigenvalue weighted by Crippen LogP contribution is 2.31. The van der Waals surface area contributed by atoms with Gasteiger partial charge in [-0.25, -0.2) is 4.98 Å². The number of thioether (sulfide) groups is 1. The molecule has 174 valence electrons. The topological polar surface area (TPSA) is 73.7 Å². The predicted molar refractivity (Wildman–Crippen MR) is 129 cm³/mol. The zero-order valence-corrected chi connectivity index (χ0v) is 20.3. The lowest BCUT2D eigenvalue weighted by molar-refractivity contribution is -0.127. The van der Waals surface area contributed by atoms with Gasteiger partial charge in [-0.3, -0.25) is 14.2 Å². The van der Waals surface area contributed by atoms with Gasteiger partial charge in [-0.05, 0) is 52.0 Å². The number of amides is 1. The van der Waals surface area contributed by atoms with Crippen molar-refractivity contribution in [3.8, 4) is 11.5 Å². The first-order valence-corrected chi connectivity index (χ1v) is 12.3. The predicted octanol–water partition coefficient (Wildman–Crippen LogP) is 4.26. The van der Waals surface area contributed by atoms with Crippen molar-refractivity contribution in [3.63, 3.8) is 0 Å². The average molecular weight is 460 g/mol. The number of benzene rings is 1. The van der Waals surface area contributed by atoms with Gasteiger partial charge in [-0.2, -0.15) is 0 Å². The number of nitrogens with zero attached hydrogens (tertiary/aromatic N) is 3. The summed E-state index contributed by atoms with van der Waals surface area (Å²) < 4.78 is 12.5. The lowest BCUT2D eigenvalue weighted by atomic mass is 9.97. The zero-order chi connectivity index (χ0) is 23.1. The Morgan fingerprint density at radius 2 is 1.88 bits per heavy atom. The quantitative estimate of drug-likeness (QED) is 0.300. The van der Waals surface area contributed by atoms with E-state index in [9.17, 15) is 9.59 Å². The minimum Gasteiger partial charge on any atom is -0.493 e. The Bertz CT molecular complexity index is 1040. The molecule has 1 aliphatic carbocycles. The van der Waals surface area contributed by atoms with Crippen LogP contribution in [0.4, 0.5) is 0 Å². The lowest BCUT2D eigenvalue weighted by Gasteiger charge is -2.19. The Labute approximate surface area is 193 Å². The van der Waals surface area contributed by atoms with E-state index in [4.69, 9.17) is 14.5 Å². The summed E-state index contributed by atoms with van der Waals surface area (Å²) in [6.45, 7) is 5.81. The summed E-state index contributed by atoms with van der Waals surface area (Å²) in [7, 11) is 3.11. The number of carbonyl (C=O) groups excluding carboxylic acids is 1. The van der Waals surface area contributed by atoms with Crippen molar-refractivity contribution in [1.82, 2.24) is 14.5 Å². The molecule has 0 fully saturated rings. The van der Waals surface area contributed by atoms with E-state index in [1.165, 1.54) is 30.2 Å². The van der Waals surface area contributed by atoms with Crippen molar-refractivity contribution in [1.29, 1.82) is 0 Å². The molecule has 0 atom stereocenters. The van der Waals surface area contributed by atoms with Gasteiger partial charge in [0.25, 0.3) is 5.56 Å². The third kappa shape index (κ3) is 5.46. The molecule has 0 N–H and O–H groups in total. The van der Waals surface area contributed by atoms with Crippen molar-refractivity contribution < 1.29 is 14.3 Å². The molecule has 0 saturated carbocycles. The molecule has 0 spiro atoms. The molecule has 1 aromatic heterocycles. The van der Waals surface area contributed by atoms with Gasteiger partial charge < -0.3 is 14.4 Å². The van der Waals surface area contributed by atoms with E-state index in [-0.39, 0.29) is 17.2 Å². The fourth-order valence-electron chi connectivity index (χ4n) is 4.02. The van der Waals surface area contributed by atoms with Crippen LogP contribution >= 0.6 is 11.8 Å². The number of hydrogen-bond acceptors (Lipinski definition) is 6. The van der Waals surface area contributed by atoms with E-state index in [0.717, 1.165) is 19.3 Å². The first-order chi connectivity index (χ1) is 15.5. The number of allylic oxidation sites excluding steroid dienone is 2. The first-order valence-electron chi connectivity index (χ1n) is 11.3. The fraction of sp³-hybridized carbons (Fsp3) is 0.542. The first kappa shape index (κ1) is 24.2. The molecular weight excluding hydrogens is 426 g/mol. The second-order valence-electron chi connectivity index (χ2n) is 7.79. The Kier molecular flexibility index (Phi) is 8.61. The zero-order valence-electron chi connectivity index (χ0n) is 19.5. The number of rotatable bonds is 10. The van der Waals surface area contributed by atoms with Crippen molar-refractivity contribution in [2.45, 2.75) is 57.7 Å². The Morgan fingerprint density at radius 1 is 1.16 bits per heavy atom. The van der Waals surface area contributed by atoms with Gasteiger partial charge in [0.05, 0.1) is 30.9 Å². The SMILES string of the molecule is CCN(CC)C(=O)CSc1nc2cc(OC)c(OC)cc2c(=O)n1CCC1=CCCCC1. The molecule has 0 bridgehead atoms. The van der Waals surface area contributed by atoms with Crippen LogP contribution < -0.4 is 15.0 Å².